The minimum atomic E-state index is -0.563. The van der Waals surface area contributed by atoms with E-state index in [1.54, 1.807) is 0 Å². The van der Waals surface area contributed by atoms with Gasteiger partial charge in [-0.25, -0.2) is 0 Å². The summed E-state index contributed by atoms with van der Waals surface area (Å²) in [5.41, 5.74) is 5.64. The third kappa shape index (κ3) is 3.59. The largest absolute Gasteiger partial charge is 0.352 e. The van der Waals surface area contributed by atoms with E-state index < -0.39 is 5.54 Å². The SMILES string of the molecule is Cl.Cl.NC1(C(=O)NC2CCN3CCCC3C2)CCCC1. The van der Waals surface area contributed by atoms with E-state index in [1.807, 2.05) is 0 Å². The maximum absolute atomic E-state index is 12.3. The van der Waals surface area contributed by atoms with Gasteiger partial charge >= 0.3 is 0 Å². The molecule has 3 aliphatic rings. The van der Waals surface area contributed by atoms with Crippen LogP contribution in [0, 0.1) is 0 Å². The van der Waals surface area contributed by atoms with Crippen LogP contribution in [0.15, 0.2) is 0 Å². The van der Waals surface area contributed by atoms with Crippen molar-refractivity contribution in [2.45, 2.75) is 69.0 Å². The van der Waals surface area contributed by atoms with E-state index in [2.05, 4.69) is 10.2 Å². The van der Waals surface area contributed by atoms with Crippen LogP contribution < -0.4 is 11.1 Å². The van der Waals surface area contributed by atoms with Crippen molar-refractivity contribution in [1.82, 2.24) is 10.2 Å². The molecule has 0 aromatic carbocycles. The molecule has 2 atom stereocenters. The number of nitrogens with one attached hydrogen (secondary N) is 1. The maximum Gasteiger partial charge on any atom is 0.240 e. The van der Waals surface area contributed by atoms with Crippen LogP contribution in [-0.4, -0.2) is 41.5 Å². The Morgan fingerprint density at radius 1 is 1.10 bits per heavy atom. The Labute approximate surface area is 134 Å². The Morgan fingerprint density at radius 2 is 1.80 bits per heavy atom. The van der Waals surface area contributed by atoms with Gasteiger partial charge in [0.1, 0.15) is 0 Å². The topological polar surface area (TPSA) is 58.4 Å². The van der Waals surface area contributed by atoms with Crippen molar-refractivity contribution in [3.8, 4) is 0 Å². The van der Waals surface area contributed by atoms with Crippen molar-refractivity contribution >= 4 is 30.7 Å². The number of carbonyl (C=O) groups excluding carboxylic acids is 1. The number of fused-ring (bicyclic) bond motifs is 1. The molecule has 0 spiro atoms. The molecule has 0 aromatic rings. The predicted octanol–water partition coefficient (Wildman–Crippen LogP) is 1.84. The summed E-state index contributed by atoms with van der Waals surface area (Å²) in [6, 6.07) is 1.07. The standard InChI is InChI=1S/C14H25N3O.2ClH/c15-14(6-1-2-7-14)13(18)16-11-5-9-17-8-3-4-12(17)10-11;;/h11-12H,1-10,15H2,(H,16,18);2*1H. The van der Waals surface area contributed by atoms with E-state index in [4.69, 9.17) is 5.73 Å². The summed E-state index contributed by atoms with van der Waals surface area (Å²) in [7, 11) is 0. The Bertz CT molecular complexity index is 334. The van der Waals surface area contributed by atoms with Gasteiger partial charge in [-0.2, -0.15) is 0 Å². The molecule has 3 fully saturated rings. The van der Waals surface area contributed by atoms with Crippen LogP contribution in [0.1, 0.15) is 51.4 Å². The number of rotatable bonds is 2. The van der Waals surface area contributed by atoms with Gasteiger partial charge in [0.05, 0.1) is 5.54 Å². The molecule has 2 unspecified atom stereocenters. The van der Waals surface area contributed by atoms with Gasteiger partial charge < -0.3 is 16.0 Å². The zero-order valence-corrected chi connectivity index (χ0v) is 13.6. The molecule has 1 saturated carbocycles. The van der Waals surface area contributed by atoms with Crippen LogP contribution in [-0.2, 0) is 4.79 Å². The summed E-state index contributed by atoms with van der Waals surface area (Å²) in [4.78, 5) is 14.9. The van der Waals surface area contributed by atoms with E-state index >= 15 is 0 Å². The van der Waals surface area contributed by atoms with Gasteiger partial charge in [-0.3, -0.25) is 4.79 Å². The maximum atomic E-state index is 12.3. The van der Waals surface area contributed by atoms with Crippen LogP contribution in [0.2, 0.25) is 0 Å². The molecule has 0 radical (unpaired) electrons. The number of amides is 1. The van der Waals surface area contributed by atoms with E-state index in [0.717, 1.165) is 45.1 Å². The highest BCUT2D eigenvalue weighted by Crippen LogP contribution is 2.30. The fourth-order valence-electron chi connectivity index (χ4n) is 3.92. The van der Waals surface area contributed by atoms with Gasteiger partial charge in [0.15, 0.2) is 0 Å². The molecule has 20 heavy (non-hydrogen) atoms. The van der Waals surface area contributed by atoms with Crippen molar-refractivity contribution in [2.24, 2.45) is 5.73 Å². The van der Waals surface area contributed by atoms with Gasteiger partial charge in [-0.1, -0.05) is 12.8 Å². The highest BCUT2D eigenvalue weighted by atomic mass is 35.5. The Hall–Kier alpha value is -0.0300. The third-order valence-electron chi connectivity index (χ3n) is 5.10. The third-order valence-corrected chi connectivity index (χ3v) is 5.10. The zero-order chi connectivity index (χ0) is 12.6. The van der Waals surface area contributed by atoms with E-state index in [-0.39, 0.29) is 30.7 Å². The van der Waals surface area contributed by atoms with Crippen LogP contribution >= 0.6 is 24.8 Å². The molecular formula is C14H27Cl2N3O. The van der Waals surface area contributed by atoms with E-state index in [1.165, 1.54) is 19.4 Å². The molecular weight excluding hydrogens is 297 g/mol. The molecule has 3 N–H and O–H groups in total. The highest BCUT2D eigenvalue weighted by molar-refractivity contribution is 5.86. The number of nitrogens with zero attached hydrogens (tertiary/aromatic N) is 1. The molecule has 4 nitrogen and oxygen atoms in total. The second kappa shape index (κ2) is 7.30. The second-order valence-electron chi connectivity index (χ2n) is 6.39. The molecule has 3 rings (SSSR count). The van der Waals surface area contributed by atoms with E-state index in [0.29, 0.717) is 12.1 Å². The molecule has 2 saturated heterocycles. The zero-order valence-electron chi connectivity index (χ0n) is 12.0. The first-order chi connectivity index (χ1) is 8.67. The van der Waals surface area contributed by atoms with Crippen LogP contribution in [0.3, 0.4) is 0 Å². The number of piperidine rings is 1. The Morgan fingerprint density at radius 3 is 2.50 bits per heavy atom. The van der Waals surface area contributed by atoms with Crippen molar-refractivity contribution < 1.29 is 4.79 Å². The van der Waals surface area contributed by atoms with Crippen LogP contribution in [0.25, 0.3) is 0 Å². The molecule has 0 bridgehead atoms. The first kappa shape index (κ1) is 18.0. The minimum Gasteiger partial charge on any atom is -0.352 e. The molecule has 1 amide bonds. The molecule has 1 aliphatic carbocycles. The fourth-order valence-corrected chi connectivity index (χ4v) is 3.92. The van der Waals surface area contributed by atoms with Crippen molar-refractivity contribution in [2.75, 3.05) is 13.1 Å². The van der Waals surface area contributed by atoms with E-state index in [9.17, 15) is 4.79 Å². The molecule has 2 heterocycles. The van der Waals surface area contributed by atoms with Gasteiger partial charge in [-0.05, 0) is 45.1 Å². The lowest BCUT2D eigenvalue weighted by molar-refractivity contribution is -0.127. The van der Waals surface area contributed by atoms with Crippen LogP contribution in [0.4, 0.5) is 0 Å². The van der Waals surface area contributed by atoms with Gasteiger partial charge in [0, 0.05) is 18.6 Å². The number of hydrogen-bond donors (Lipinski definition) is 2. The summed E-state index contributed by atoms with van der Waals surface area (Å²) in [5, 5.41) is 3.22. The minimum absolute atomic E-state index is 0. The van der Waals surface area contributed by atoms with Crippen LogP contribution in [0.5, 0.6) is 0 Å². The first-order valence-electron chi connectivity index (χ1n) is 7.51. The lowest BCUT2D eigenvalue weighted by Gasteiger charge is -2.36. The number of nitrogens with two attached hydrogens (primary N) is 1. The lowest BCUT2D eigenvalue weighted by atomic mass is 9.94. The highest BCUT2D eigenvalue weighted by Gasteiger charge is 2.39. The number of carbonyl (C=O) groups is 1. The van der Waals surface area contributed by atoms with Gasteiger partial charge in [-0.15, -0.1) is 24.8 Å². The average Bonchev–Trinajstić information content (AvgIpc) is 2.98. The quantitative estimate of drug-likeness (QED) is 0.815. The van der Waals surface area contributed by atoms with Crippen molar-refractivity contribution in [3.63, 3.8) is 0 Å². The molecule has 6 heteroatoms. The smallest absolute Gasteiger partial charge is 0.240 e. The lowest BCUT2D eigenvalue weighted by Crippen LogP contribution is -2.56. The molecule has 118 valence electrons. The summed E-state index contributed by atoms with van der Waals surface area (Å²) in [6.45, 7) is 2.40. The predicted molar refractivity (Wildman–Crippen MR) is 85.6 cm³/mol. The van der Waals surface area contributed by atoms with Gasteiger partial charge in [0.2, 0.25) is 5.91 Å². The summed E-state index contributed by atoms with van der Waals surface area (Å²) < 4.78 is 0. The summed E-state index contributed by atoms with van der Waals surface area (Å²) in [6.07, 6.45) is 8.78. The Balaban J connectivity index is 0.000001000. The van der Waals surface area contributed by atoms with Gasteiger partial charge in [0.25, 0.3) is 0 Å². The fraction of sp³-hybridized carbons (Fsp3) is 0.929. The average molecular weight is 324 g/mol. The Kier molecular flexibility index (Phi) is 6.58. The monoisotopic (exact) mass is 323 g/mol. The first-order valence-corrected chi connectivity index (χ1v) is 7.51. The molecule has 0 aromatic heterocycles. The summed E-state index contributed by atoms with van der Waals surface area (Å²) in [5.74, 6) is 0.108. The molecule has 2 aliphatic heterocycles. The second-order valence-corrected chi connectivity index (χ2v) is 6.39. The number of hydrogen-bond acceptors (Lipinski definition) is 3. The normalized spacial score (nSPS) is 31.9. The van der Waals surface area contributed by atoms with Crippen molar-refractivity contribution in [3.05, 3.63) is 0 Å². The van der Waals surface area contributed by atoms with Crippen molar-refractivity contribution in [1.29, 1.82) is 0 Å². The summed E-state index contributed by atoms with van der Waals surface area (Å²) >= 11 is 0. The number of halogens is 2.